The first kappa shape index (κ1) is 28.3. The summed E-state index contributed by atoms with van der Waals surface area (Å²) < 4.78 is 35.6. The molecule has 1 aromatic heterocycles. The maximum Gasteiger partial charge on any atom is 0.459 e. The summed E-state index contributed by atoms with van der Waals surface area (Å²) in [4.78, 5) is 29.9. The van der Waals surface area contributed by atoms with E-state index in [9.17, 15) is 14.2 Å². The van der Waals surface area contributed by atoms with Crippen molar-refractivity contribution in [1.29, 1.82) is 0 Å². The Bertz CT molecular complexity index is 1060. The van der Waals surface area contributed by atoms with Crippen LogP contribution in [0, 0.1) is 6.92 Å². The summed E-state index contributed by atoms with van der Waals surface area (Å²) in [6.07, 6.45) is 0.546. The van der Waals surface area contributed by atoms with Crippen LogP contribution in [0.1, 0.15) is 37.6 Å². The van der Waals surface area contributed by atoms with E-state index in [1.807, 2.05) is 0 Å². The van der Waals surface area contributed by atoms with E-state index in [1.54, 1.807) is 65.2 Å². The Morgan fingerprint density at radius 2 is 1.83 bits per heavy atom. The quantitative estimate of drug-likeness (QED) is 0.342. The van der Waals surface area contributed by atoms with E-state index in [1.165, 1.54) is 18.0 Å². The summed E-state index contributed by atoms with van der Waals surface area (Å²) in [5.74, 6) is -0.139. The third kappa shape index (κ3) is 8.32. The lowest BCUT2D eigenvalue weighted by Gasteiger charge is -2.24. The van der Waals surface area contributed by atoms with E-state index in [2.05, 4.69) is 10.1 Å². The molecular formula is C23H33N4O7P. The molecule has 1 aromatic carbocycles. The lowest BCUT2D eigenvalue weighted by atomic mass is 10.1. The van der Waals surface area contributed by atoms with E-state index in [0.717, 1.165) is 0 Å². The second-order valence-electron chi connectivity index (χ2n) is 8.15. The van der Waals surface area contributed by atoms with Crippen molar-refractivity contribution >= 4 is 19.8 Å². The lowest BCUT2D eigenvalue weighted by molar-refractivity contribution is -0.149. The number of nitrogens with two attached hydrogens (primary N) is 1. The van der Waals surface area contributed by atoms with E-state index < -0.39 is 25.9 Å². The van der Waals surface area contributed by atoms with Gasteiger partial charge < -0.3 is 24.6 Å². The summed E-state index contributed by atoms with van der Waals surface area (Å²) in [7, 11) is -0.996. The fourth-order valence-corrected chi connectivity index (χ4v) is 4.29. The molecule has 2 atom stereocenters. The van der Waals surface area contributed by atoms with Gasteiger partial charge in [0.15, 0.2) is 5.75 Å². The van der Waals surface area contributed by atoms with Crippen LogP contribution in [0.2, 0.25) is 0 Å². The Morgan fingerprint density at radius 1 is 1.17 bits per heavy atom. The van der Waals surface area contributed by atoms with Gasteiger partial charge in [0.05, 0.1) is 18.4 Å². The number of carbonyl (C=O) groups excluding carboxylic acids is 2. The fraction of sp³-hybridized carbons (Fsp3) is 0.435. The third-order valence-corrected chi connectivity index (χ3v) is 6.20. The summed E-state index contributed by atoms with van der Waals surface area (Å²) in [5.41, 5.74) is 7.30. The highest BCUT2D eigenvalue weighted by molar-refractivity contribution is 7.52. The van der Waals surface area contributed by atoms with Gasteiger partial charge in [-0.2, -0.15) is 5.09 Å². The van der Waals surface area contributed by atoms with Crippen LogP contribution >= 0.6 is 7.75 Å². The molecule has 192 valence electrons. The zero-order valence-corrected chi connectivity index (χ0v) is 21.7. The van der Waals surface area contributed by atoms with Gasteiger partial charge in [-0.3, -0.25) is 14.3 Å². The summed E-state index contributed by atoms with van der Waals surface area (Å²) in [6.45, 7) is 6.34. The van der Waals surface area contributed by atoms with Gasteiger partial charge in [0, 0.05) is 38.0 Å². The van der Waals surface area contributed by atoms with Gasteiger partial charge >= 0.3 is 19.8 Å². The summed E-state index contributed by atoms with van der Waals surface area (Å²) in [6, 6.07) is 7.40. The van der Waals surface area contributed by atoms with Crippen LogP contribution in [0.25, 0.3) is 0 Å². The van der Waals surface area contributed by atoms with Gasteiger partial charge in [-0.25, -0.2) is 9.36 Å². The molecule has 11 nitrogen and oxygen atoms in total. The van der Waals surface area contributed by atoms with Crippen molar-refractivity contribution in [3.8, 4) is 11.5 Å². The van der Waals surface area contributed by atoms with Crippen molar-refractivity contribution in [3.05, 3.63) is 53.3 Å². The maximum absolute atomic E-state index is 13.7. The smallest absolute Gasteiger partial charge is 0.459 e. The number of aryl methyl sites for hydroxylation is 1. The van der Waals surface area contributed by atoms with Crippen molar-refractivity contribution in [2.45, 2.75) is 53.0 Å². The minimum Gasteiger partial charge on any atom is -0.462 e. The predicted molar refractivity (Wildman–Crippen MR) is 130 cm³/mol. The Balaban J connectivity index is 2.32. The van der Waals surface area contributed by atoms with Crippen LogP contribution in [0.3, 0.4) is 0 Å². The zero-order chi connectivity index (χ0) is 26.2. The maximum atomic E-state index is 13.7. The number of nitrogens with one attached hydrogen (secondary N) is 1. The standard InChI is InChI=1S/C23H33N4O7P/c1-15(2)32-22(28)17(4)26-35(30,34-19-10-8-7-9-11-19)31-14-18-13-25-16(3)21(20(18)12-24)33-23(29)27(5)6/h7-11,13,15,17H,12,14,24H2,1-6H3,(H,26,30)/t17-,35?/m0/s1. The predicted octanol–water partition coefficient (Wildman–Crippen LogP) is 3.54. The first-order valence-electron chi connectivity index (χ1n) is 11.0. The highest BCUT2D eigenvalue weighted by Gasteiger charge is 2.33. The minimum atomic E-state index is -4.10. The highest BCUT2D eigenvalue weighted by atomic mass is 31.2. The SMILES string of the molecule is Cc1ncc(COP(=O)(N[C@@H](C)C(=O)OC(C)C)Oc2ccccc2)c(CN)c1OC(=O)N(C)C. The normalized spacial score (nSPS) is 13.6. The van der Waals surface area contributed by atoms with Crippen molar-refractivity contribution in [2.24, 2.45) is 5.73 Å². The number of rotatable bonds is 11. The van der Waals surface area contributed by atoms with Gasteiger partial charge in [-0.1, -0.05) is 18.2 Å². The Labute approximate surface area is 205 Å². The number of hydrogen-bond acceptors (Lipinski definition) is 9. The number of esters is 1. The van der Waals surface area contributed by atoms with Gasteiger partial charge in [-0.15, -0.1) is 0 Å². The molecular weight excluding hydrogens is 475 g/mol. The first-order valence-corrected chi connectivity index (χ1v) is 12.5. The Kier molecular flexibility index (Phi) is 10.2. The lowest BCUT2D eigenvalue weighted by Crippen LogP contribution is -2.36. The highest BCUT2D eigenvalue weighted by Crippen LogP contribution is 2.46. The number of pyridine rings is 1. The number of aromatic nitrogens is 1. The van der Waals surface area contributed by atoms with Crippen molar-refractivity contribution in [2.75, 3.05) is 14.1 Å². The molecule has 0 bridgehead atoms. The average molecular weight is 509 g/mol. The number of para-hydroxylation sites is 1. The Hall–Kier alpha value is -2.98. The van der Waals surface area contributed by atoms with Crippen molar-refractivity contribution in [3.63, 3.8) is 0 Å². The molecule has 0 saturated heterocycles. The van der Waals surface area contributed by atoms with E-state index in [4.69, 9.17) is 24.3 Å². The van der Waals surface area contributed by atoms with E-state index in [-0.39, 0.29) is 30.8 Å². The number of benzene rings is 1. The number of hydrogen-bond donors (Lipinski definition) is 2. The van der Waals surface area contributed by atoms with Gasteiger partial charge in [0.25, 0.3) is 0 Å². The largest absolute Gasteiger partial charge is 0.462 e. The van der Waals surface area contributed by atoms with Crippen LogP contribution in [0.5, 0.6) is 11.5 Å². The number of ether oxygens (including phenoxy) is 2. The molecule has 12 heteroatoms. The zero-order valence-electron chi connectivity index (χ0n) is 20.8. The van der Waals surface area contributed by atoms with Crippen LogP contribution in [-0.4, -0.2) is 48.2 Å². The molecule has 0 aliphatic heterocycles. The molecule has 0 spiro atoms. The van der Waals surface area contributed by atoms with Crippen LogP contribution in [-0.2, 0) is 31.8 Å². The molecule has 1 heterocycles. The minimum absolute atomic E-state index is 0.00643. The molecule has 0 fully saturated rings. The van der Waals surface area contributed by atoms with Gasteiger partial charge in [0.2, 0.25) is 0 Å². The van der Waals surface area contributed by atoms with Gasteiger partial charge in [-0.05, 0) is 39.8 Å². The number of nitrogens with zero attached hydrogens (tertiary/aromatic N) is 2. The van der Waals surface area contributed by atoms with Crippen LogP contribution in [0.15, 0.2) is 36.5 Å². The third-order valence-electron chi connectivity index (χ3n) is 4.58. The number of carbonyl (C=O) groups is 2. The molecule has 35 heavy (non-hydrogen) atoms. The van der Waals surface area contributed by atoms with Crippen LogP contribution in [0.4, 0.5) is 4.79 Å². The number of amides is 1. The molecule has 0 aliphatic rings. The first-order chi connectivity index (χ1) is 16.5. The van der Waals surface area contributed by atoms with E-state index >= 15 is 0 Å². The second kappa shape index (κ2) is 12.6. The Morgan fingerprint density at radius 3 is 2.40 bits per heavy atom. The van der Waals surface area contributed by atoms with Gasteiger partial charge in [0.1, 0.15) is 11.8 Å². The van der Waals surface area contributed by atoms with Crippen molar-refractivity contribution < 1.29 is 32.7 Å². The van der Waals surface area contributed by atoms with E-state index in [0.29, 0.717) is 16.8 Å². The molecule has 2 aromatic rings. The van der Waals surface area contributed by atoms with Crippen molar-refractivity contribution in [1.82, 2.24) is 15.0 Å². The monoisotopic (exact) mass is 508 g/mol. The topological polar surface area (TPSA) is 142 Å². The average Bonchev–Trinajstić information content (AvgIpc) is 2.79. The molecule has 0 aliphatic carbocycles. The molecule has 3 N–H and O–H groups in total. The summed E-state index contributed by atoms with van der Waals surface area (Å²) >= 11 is 0. The summed E-state index contributed by atoms with van der Waals surface area (Å²) in [5, 5.41) is 2.62. The molecule has 1 amide bonds. The molecule has 1 unspecified atom stereocenters. The molecule has 0 radical (unpaired) electrons. The molecule has 0 saturated carbocycles. The fourth-order valence-electron chi connectivity index (χ4n) is 2.83. The second-order valence-corrected chi connectivity index (χ2v) is 9.85. The molecule has 2 rings (SSSR count). The van der Waals surface area contributed by atoms with Crippen LogP contribution < -0.4 is 20.1 Å².